The molecule has 0 aliphatic rings. The lowest BCUT2D eigenvalue weighted by atomic mass is 10.3. The summed E-state index contributed by atoms with van der Waals surface area (Å²) >= 11 is 1.97. The summed E-state index contributed by atoms with van der Waals surface area (Å²) in [6, 6.07) is 3.24. The summed E-state index contributed by atoms with van der Waals surface area (Å²) in [7, 11) is -1.89. The molecule has 15 heavy (non-hydrogen) atoms. The lowest BCUT2D eigenvalue weighted by molar-refractivity contribution is 0.281. The fraction of sp³-hybridized carbons (Fsp3) is 0.375. The third-order valence-corrected chi connectivity index (χ3v) is 3.58. The predicted molar refractivity (Wildman–Crippen MR) is 66.1 cm³/mol. The third-order valence-electron chi connectivity index (χ3n) is 1.84. The Kier molecular flexibility index (Phi) is 3.90. The molecule has 0 spiro atoms. The van der Waals surface area contributed by atoms with Crippen molar-refractivity contribution >= 4 is 38.4 Å². The molecule has 0 aromatic carbocycles. The summed E-state index contributed by atoms with van der Waals surface area (Å²) in [6.07, 6.45) is 1.10. The lowest BCUT2D eigenvalue weighted by Crippen LogP contribution is -2.26. The second-order valence-corrected chi connectivity index (χ2v) is 6.16. The number of nitrogens with zero attached hydrogens (tertiary/aromatic N) is 2. The topological polar surface area (TPSA) is 70.5 Å². The van der Waals surface area contributed by atoms with Crippen LogP contribution in [0.2, 0.25) is 0 Å². The fourth-order valence-corrected chi connectivity index (χ4v) is 2.04. The molecule has 84 valence electrons. The Hall–Kier alpha value is -0.410. The SMILES string of the molecule is CN(c1cc(CO)cc(I)n1)S(C)(=O)=O. The third kappa shape index (κ3) is 3.28. The number of pyridine rings is 1. The Morgan fingerprint density at radius 3 is 2.60 bits per heavy atom. The Labute approximate surface area is 102 Å². The molecule has 0 saturated heterocycles. The summed E-state index contributed by atoms with van der Waals surface area (Å²) in [5.41, 5.74) is 0.639. The highest BCUT2D eigenvalue weighted by atomic mass is 127. The van der Waals surface area contributed by atoms with E-state index in [1.165, 1.54) is 7.05 Å². The average Bonchev–Trinajstić information content (AvgIpc) is 2.14. The number of sulfonamides is 1. The quantitative estimate of drug-likeness (QED) is 0.644. The van der Waals surface area contributed by atoms with Crippen LogP contribution in [0.15, 0.2) is 12.1 Å². The monoisotopic (exact) mass is 342 g/mol. The molecule has 0 radical (unpaired) electrons. The van der Waals surface area contributed by atoms with Crippen molar-refractivity contribution in [3.63, 3.8) is 0 Å². The molecule has 0 amide bonds. The molecule has 7 heteroatoms. The molecule has 0 saturated carbocycles. The van der Waals surface area contributed by atoms with Gasteiger partial charge in [0.05, 0.1) is 12.9 Å². The van der Waals surface area contributed by atoms with Crippen molar-refractivity contribution in [1.29, 1.82) is 0 Å². The number of hydrogen-bond acceptors (Lipinski definition) is 4. The average molecular weight is 342 g/mol. The maximum atomic E-state index is 11.3. The molecule has 5 nitrogen and oxygen atoms in total. The van der Waals surface area contributed by atoms with E-state index in [0.29, 0.717) is 15.1 Å². The van der Waals surface area contributed by atoms with E-state index in [-0.39, 0.29) is 6.61 Å². The zero-order chi connectivity index (χ0) is 11.6. The summed E-state index contributed by atoms with van der Waals surface area (Å²) in [4.78, 5) is 4.07. The van der Waals surface area contributed by atoms with Crippen molar-refractivity contribution in [1.82, 2.24) is 4.98 Å². The number of aromatic nitrogens is 1. The molecule has 1 rings (SSSR count). The highest BCUT2D eigenvalue weighted by Gasteiger charge is 2.14. The summed E-state index contributed by atoms with van der Waals surface area (Å²) in [5, 5.41) is 8.97. The van der Waals surface area contributed by atoms with Crippen LogP contribution in [0.4, 0.5) is 5.82 Å². The zero-order valence-electron chi connectivity index (χ0n) is 8.31. The molecule has 1 heterocycles. The molecule has 0 fully saturated rings. The van der Waals surface area contributed by atoms with E-state index in [9.17, 15) is 8.42 Å². The number of rotatable bonds is 3. The summed E-state index contributed by atoms with van der Waals surface area (Å²) < 4.78 is 24.2. The van der Waals surface area contributed by atoms with E-state index in [0.717, 1.165) is 10.6 Å². The van der Waals surface area contributed by atoms with Gasteiger partial charge in [-0.15, -0.1) is 0 Å². The van der Waals surface area contributed by atoms with Crippen LogP contribution in [-0.4, -0.2) is 31.8 Å². The van der Waals surface area contributed by atoms with Gasteiger partial charge in [-0.1, -0.05) is 0 Å². The highest BCUT2D eigenvalue weighted by molar-refractivity contribution is 14.1. The molecule has 1 aromatic rings. The summed E-state index contributed by atoms with van der Waals surface area (Å²) in [5.74, 6) is 0.313. The van der Waals surface area contributed by atoms with Crippen molar-refractivity contribution in [3.8, 4) is 0 Å². The molecule has 0 aliphatic carbocycles. The Morgan fingerprint density at radius 2 is 2.13 bits per heavy atom. The van der Waals surface area contributed by atoms with Gasteiger partial charge in [-0.25, -0.2) is 13.4 Å². The first-order chi connectivity index (χ1) is 6.84. The van der Waals surface area contributed by atoms with Gasteiger partial charge in [-0.3, -0.25) is 4.31 Å². The van der Waals surface area contributed by atoms with E-state index in [4.69, 9.17) is 5.11 Å². The van der Waals surface area contributed by atoms with E-state index in [2.05, 4.69) is 4.98 Å². The van der Waals surface area contributed by atoms with E-state index in [1.54, 1.807) is 12.1 Å². The number of halogens is 1. The van der Waals surface area contributed by atoms with Crippen LogP contribution in [0, 0.1) is 3.70 Å². The van der Waals surface area contributed by atoms with Crippen LogP contribution in [0.25, 0.3) is 0 Å². The normalized spacial score (nSPS) is 11.5. The Bertz CT molecular complexity index is 461. The smallest absolute Gasteiger partial charge is 0.233 e. The van der Waals surface area contributed by atoms with Gasteiger partial charge in [0.15, 0.2) is 0 Å². The van der Waals surface area contributed by atoms with Crippen LogP contribution >= 0.6 is 22.6 Å². The van der Waals surface area contributed by atoms with Gasteiger partial charge in [0.25, 0.3) is 0 Å². The van der Waals surface area contributed by atoms with Crippen LogP contribution in [0.1, 0.15) is 5.56 Å². The van der Waals surface area contributed by atoms with Crippen molar-refractivity contribution in [2.75, 3.05) is 17.6 Å². The van der Waals surface area contributed by atoms with Gasteiger partial charge >= 0.3 is 0 Å². The minimum absolute atomic E-state index is 0.136. The van der Waals surface area contributed by atoms with Gasteiger partial charge in [0, 0.05) is 7.05 Å². The zero-order valence-corrected chi connectivity index (χ0v) is 11.3. The van der Waals surface area contributed by atoms with E-state index >= 15 is 0 Å². The fourth-order valence-electron chi connectivity index (χ4n) is 0.957. The second-order valence-electron chi connectivity index (χ2n) is 3.04. The minimum atomic E-state index is -3.31. The van der Waals surface area contributed by atoms with Crippen molar-refractivity contribution in [3.05, 3.63) is 21.4 Å². The molecule has 0 atom stereocenters. The van der Waals surface area contributed by atoms with Gasteiger partial charge in [-0.05, 0) is 40.3 Å². The molecule has 1 aromatic heterocycles. The van der Waals surface area contributed by atoms with Crippen LogP contribution in [0.5, 0.6) is 0 Å². The first-order valence-corrected chi connectivity index (χ1v) is 6.98. The molecule has 1 N–H and O–H groups in total. The molecule has 0 aliphatic heterocycles. The molecular formula is C8H11IN2O3S. The van der Waals surface area contributed by atoms with Crippen LogP contribution < -0.4 is 4.31 Å². The van der Waals surface area contributed by atoms with Crippen LogP contribution in [0.3, 0.4) is 0 Å². The van der Waals surface area contributed by atoms with Crippen molar-refractivity contribution in [2.24, 2.45) is 0 Å². The Morgan fingerprint density at radius 1 is 1.53 bits per heavy atom. The van der Waals surface area contributed by atoms with Gasteiger partial charge in [0.1, 0.15) is 9.52 Å². The second kappa shape index (κ2) is 4.62. The van der Waals surface area contributed by atoms with Crippen molar-refractivity contribution in [2.45, 2.75) is 6.61 Å². The van der Waals surface area contributed by atoms with Crippen molar-refractivity contribution < 1.29 is 13.5 Å². The lowest BCUT2D eigenvalue weighted by Gasteiger charge is -2.16. The van der Waals surface area contributed by atoms with Crippen LogP contribution in [-0.2, 0) is 16.6 Å². The summed E-state index contributed by atoms with van der Waals surface area (Å²) in [6.45, 7) is -0.136. The maximum Gasteiger partial charge on any atom is 0.233 e. The predicted octanol–water partition coefficient (Wildman–Crippen LogP) is 0.574. The van der Waals surface area contributed by atoms with Gasteiger partial charge in [0.2, 0.25) is 10.0 Å². The number of anilines is 1. The standard InChI is InChI=1S/C8H11IN2O3S/c1-11(15(2,13)14)8-4-6(5-12)3-7(9)10-8/h3-4,12H,5H2,1-2H3. The van der Waals surface area contributed by atoms with E-state index in [1.807, 2.05) is 22.6 Å². The highest BCUT2D eigenvalue weighted by Crippen LogP contribution is 2.17. The largest absolute Gasteiger partial charge is 0.392 e. The molecule has 0 bridgehead atoms. The first-order valence-electron chi connectivity index (χ1n) is 4.06. The minimum Gasteiger partial charge on any atom is -0.392 e. The molecule has 0 unspecified atom stereocenters. The number of hydrogen-bond donors (Lipinski definition) is 1. The number of aliphatic hydroxyl groups excluding tert-OH is 1. The Balaban J connectivity index is 3.20. The van der Waals surface area contributed by atoms with Gasteiger partial charge < -0.3 is 5.11 Å². The number of aliphatic hydroxyl groups is 1. The van der Waals surface area contributed by atoms with E-state index < -0.39 is 10.0 Å². The maximum absolute atomic E-state index is 11.3. The van der Waals surface area contributed by atoms with Gasteiger partial charge in [-0.2, -0.15) is 0 Å². The first kappa shape index (κ1) is 12.7. The molecular weight excluding hydrogens is 331 g/mol.